The number of hydrogen-bond donors (Lipinski definition) is 2. The van der Waals surface area contributed by atoms with E-state index in [2.05, 4.69) is 10.6 Å². The number of amides is 1. The molecule has 1 aliphatic rings. The highest BCUT2D eigenvalue weighted by Crippen LogP contribution is 2.45. The highest BCUT2D eigenvalue weighted by molar-refractivity contribution is 6.00. The van der Waals surface area contributed by atoms with E-state index in [1.165, 1.54) is 12.1 Å². The van der Waals surface area contributed by atoms with Crippen LogP contribution >= 0.6 is 0 Å². The van der Waals surface area contributed by atoms with E-state index in [0.29, 0.717) is 6.54 Å². The van der Waals surface area contributed by atoms with Gasteiger partial charge in [-0.1, -0.05) is 19.9 Å². The summed E-state index contributed by atoms with van der Waals surface area (Å²) in [5, 5.41) is 5.46. The summed E-state index contributed by atoms with van der Waals surface area (Å²) < 4.78 is 39.1. The molecule has 3 nitrogen and oxygen atoms in total. The minimum absolute atomic E-state index is 0.0222. The van der Waals surface area contributed by atoms with Gasteiger partial charge in [-0.2, -0.15) is 13.2 Å². The van der Waals surface area contributed by atoms with Gasteiger partial charge in [-0.25, -0.2) is 0 Å². The number of benzene rings is 1. The Labute approximate surface area is 121 Å². The number of carbonyl (C=O) groups excluding carboxylic acids is 1. The molecule has 1 aliphatic carbocycles. The zero-order valence-corrected chi connectivity index (χ0v) is 12.3. The second-order valence-corrected chi connectivity index (χ2v) is 5.97. The fourth-order valence-electron chi connectivity index (χ4n) is 2.29. The Kier molecular flexibility index (Phi) is 3.91. The van der Waals surface area contributed by atoms with Gasteiger partial charge in [-0.15, -0.1) is 0 Å². The standard InChI is InChI=1S/C15H19F3N2O/c1-4-19-12-9(6-5-7-10(12)15(16,17)18)13(21)20-11-8-14(11,2)3/h5-7,11,19H,4,8H2,1-3H3,(H,20,21). The summed E-state index contributed by atoms with van der Waals surface area (Å²) in [7, 11) is 0. The predicted molar refractivity (Wildman–Crippen MR) is 75.3 cm³/mol. The second kappa shape index (κ2) is 5.24. The number of halogens is 3. The Morgan fingerprint density at radius 3 is 2.48 bits per heavy atom. The van der Waals surface area contributed by atoms with Gasteiger partial charge < -0.3 is 10.6 Å². The molecule has 1 aromatic rings. The van der Waals surface area contributed by atoms with Gasteiger partial charge in [-0.05, 0) is 30.9 Å². The van der Waals surface area contributed by atoms with Crippen LogP contribution in [0.4, 0.5) is 18.9 Å². The molecule has 116 valence electrons. The molecule has 1 aromatic carbocycles. The van der Waals surface area contributed by atoms with E-state index >= 15 is 0 Å². The van der Waals surface area contributed by atoms with Gasteiger partial charge >= 0.3 is 6.18 Å². The molecule has 0 saturated heterocycles. The number of hydrogen-bond acceptors (Lipinski definition) is 2. The number of carbonyl (C=O) groups is 1. The van der Waals surface area contributed by atoms with Crippen molar-refractivity contribution in [1.29, 1.82) is 0 Å². The van der Waals surface area contributed by atoms with Crippen LogP contribution in [-0.4, -0.2) is 18.5 Å². The normalized spacial score (nSPS) is 20.0. The zero-order valence-electron chi connectivity index (χ0n) is 12.3. The first-order valence-corrected chi connectivity index (χ1v) is 6.91. The van der Waals surface area contributed by atoms with Gasteiger partial charge in [0.2, 0.25) is 0 Å². The topological polar surface area (TPSA) is 41.1 Å². The lowest BCUT2D eigenvalue weighted by atomic mass is 10.1. The summed E-state index contributed by atoms with van der Waals surface area (Å²) in [5.41, 5.74) is -0.903. The van der Waals surface area contributed by atoms with Crippen LogP contribution < -0.4 is 10.6 Å². The summed E-state index contributed by atoms with van der Waals surface area (Å²) in [4.78, 5) is 12.2. The van der Waals surface area contributed by atoms with Crippen molar-refractivity contribution in [2.75, 3.05) is 11.9 Å². The first-order chi connectivity index (χ1) is 9.66. The molecule has 1 saturated carbocycles. The first kappa shape index (κ1) is 15.7. The third kappa shape index (κ3) is 3.31. The molecule has 2 rings (SSSR count). The minimum Gasteiger partial charge on any atom is -0.384 e. The van der Waals surface area contributed by atoms with Crippen molar-refractivity contribution in [3.8, 4) is 0 Å². The van der Waals surface area contributed by atoms with Crippen LogP contribution in [0.3, 0.4) is 0 Å². The van der Waals surface area contributed by atoms with E-state index in [1.807, 2.05) is 13.8 Å². The maximum absolute atomic E-state index is 13.0. The summed E-state index contributed by atoms with van der Waals surface area (Å²) in [5.74, 6) is -0.465. The Hall–Kier alpha value is -1.72. The van der Waals surface area contributed by atoms with Gasteiger partial charge in [0, 0.05) is 12.6 Å². The molecular formula is C15H19F3N2O. The molecule has 1 atom stereocenters. The lowest BCUT2D eigenvalue weighted by Crippen LogP contribution is -2.29. The highest BCUT2D eigenvalue weighted by atomic mass is 19.4. The van der Waals surface area contributed by atoms with E-state index < -0.39 is 17.6 Å². The monoisotopic (exact) mass is 300 g/mol. The lowest BCUT2D eigenvalue weighted by molar-refractivity contribution is -0.137. The van der Waals surface area contributed by atoms with Crippen molar-refractivity contribution in [2.45, 2.75) is 39.4 Å². The SMILES string of the molecule is CCNc1c(C(=O)NC2CC2(C)C)cccc1C(F)(F)F. The molecule has 0 spiro atoms. The van der Waals surface area contributed by atoms with Crippen molar-refractivity contribution in [3.05, 3.63) is 29.3 Å². The fraction of sp³-hybridized carbons (Fsp3) is 0.533. The Balaban J connectivity index is 2.32. The Morgan fingerprint density at radius 2 is 2.00 bits per heavy atom. The lowest BCUT2D eigenvalue weighted by Gasteiger charge is -2.17. The van der Waals surface area contributed by atoms with Crippen LogP contribution in [-0.2, 0) is 6.18 Å². The van der Waals surface area contributed by atoms with E-state index in [-0.39, 0.29) is 22.7 Å². The quantitative estimate of drug-likeness (QED) is 0.891. The van der Waals surface area contributed by atoms with Crippen LogP contribution in [0, 0.1) is 5.41 Å². The molecule has 1 amide bonds. The van der Waals surface area contributed by atoms with E-state index in [1.54, 1.807) is 6.92 Å². The molecule has 0 bridgehead atoms. The van der Waals surface area contributed by atoms with Crippen molar-refractivity contribution in [1.82, 2.24) is 5.32 Å². The molecule has 1 unspecified atom stereocenters. The molecule has 0 radical (unpaired) electrons. The highest BCUT2D eigenvalue weighted by Gasteiger charge is 2.47. The maximum Gasteiger partial charge on any atom is 0.418 e. The smallest absolute Gasteiger partial charge is 0.384 e. The molecule has 1 fully saturated rings. The number of nitrogens with one attached hydrogen (secondary N) is 2. The van der Waals surface area contributed by atoms with Crippen LogP contribution in [0.2, 0.25) is 0 Å². The first-order valence-electron chi connectivity index (χ1n) is 6.91. The number of rotatable bonds is 4. The zero-order chi connectivity index (χ0) is 15.8. The van der Waals surface area contributed by atoms with Gasteiger partial charge in [0.1, 0.15) is 0 Å². The summed E-state index contributed by atoms with van der Waals surface area (Å²) in [6.45, 7) is 6.02. The van der Waals surface area contributed by atoms with Crippen LogP contribution in [0.25, 0.3) is 0 Å². The average molecular weight is 300 g/mol. The minimum atomic E-state index is -4.49. The molecular weight excluding hydrogens is 281 g/mol. The summed E-state index contributed by atoms with van der Waals surface area (Å²) >= 11 is 0. The van der Waals surface area contributed by atoms with Crippen molar-refractivity contribution >= 4 is 11.6 Å². The molecule has 0 aromatic heterocycles. The van der Waals surface area contributed by atoms with Crippen LogP contribution in [0.1, 0.15) is 43.1 Å². The van der Waals surface area contributed by atoms with Crippen LogP contribution in [0.5, 0.6) is 0 Å². The van der Waals surface area contributed by atoms with Crippen LogP contribution in [0.15, 0.2) is 18.2 Å². The van der Waals surface area contributed by atoms with E-state index in [0.717, 1.165) is 12.5 Å². The average Bonchev–Trinajstić information content (AvgIpc) is 2.95. The number of anilines is 1. The fourth-order valence-corrected chi connectivity index (χ4v) is 2.29. The number of alkyl halides is 3. The van der Waals surface area contributed by atoms with E-state index in [9.17, 15) is 18.0 Å². The molecule has 6 heteroatoms. The Morgan fingerprint density at radius 1 is 1.38 bits per heavy atom. The summed E-state index contributed by atoms with van der Waals surface area (Å²) in [6, 6.07) is 3.68. The molecule has 21 heavy (non-hydrogen) atoms. The third-order valence-electron chi connectivity index (χ3n) is 3.79. The molecule has 0 aliphatic heterocycles. The van der Waals surface area contributed by atoms with Crippen molar-refractivity contribution in [2.24, 2.45) is 5.41 Å². The van der Waals surface area contributed by atoms with E-state index in [4.69, 9.17) is 0 Å². The maximum atomic E-state index is 13.0. The third-order valence-corrected chi connectivity index (χ3v) is 3.79. The van der Waals surface area contributed by atoms with Gasteiger partial charge in [0.15, 0.2) is 0 Å². The van der Waals surface area contributed by atoms with Gasteiger partial charge in [0.25, 0.3) is 5.91 Å². The second-order valence-electron chi connectivity index (χ2n) is 5.97. The molecule has 0 heterocycles. The number of para-hydroxylation sites is 1. The predicted octanol–water partition coefficient (Wildman–Crippen LogP) is 3.67. The molecule has 2 N–H and O–H groups in total. The van der Waals surface area contributed by atoms with Crippen molar-refractivity contribution in [3.63, 3.8) is 0 Å². The van der Waals surface area contributed by atoms with Gasteiger partial charge in [0.05, 0.1) is 16.8 Å². The largest absolute Gasteiger partial charge is 0.418 e. The Bertz CT molecular complexity index is 552. The summed E-state index contributed by atoms with van der Waals surface area (Å²) in [6.07, 6.45) is -3.65. The van der Waals surface area contributed by atoms with Gasteiger partial charge in [-0.3, -0.25) is 4.79 Å². The van der Waals surface area contributed by atoms with Crippen molar-refractivity contribution < 1.29 is 18.0 Å².